The SMILES string of the molecule is CC(C)(C)C1=C(C(C)(C)C)N(c2cc(C(C)(C)C)cc(C(C)(C)C)c2)[CH-]N1c1[c-]c(Oc2[c-]c3c(cc2)c2cc(C(C)(C)c4ccccc4)ccc2n3-c2cc(C(C)(C)C)ccn2)ccc1.[Pt]. The van der Waals surface area contributed by atoms with Crippen LogP contribution in [0, 0.1) is 29.6 Å². The Kier molecular flexibility index (Phi) is 13.0. The molecule has 0 fully saturated rings. The zero-order valence-electron chi connectivity index (χ0n) is 43.1. The van der Waals surface area contributed by atoms with Gasteiger partial charge in [-0.15, -0.1) is 48.1 Å². The van der Waals surface area contributed by atoms with E-state index >= 15 is 0 Å². The van der Waals surface area contributed by atoms with Crippen molar-refractivity contribution in [2.24, 2.45) is 10.8 Å². The molecule has 0 unspecified atom stereocenters. The fraction of sp³-hybridized carbons (Fsp3) is 0.377. The van der Waals surface area contributed by atoms with Crippen LogP contribution in [0.1, 0.15) is 146 Å². The first-order valence-electron chi connectivity index (χ1n) is 23.7. The molecule has 1 aliphatic rings. The number of hydrogen-bond donors (Lipinski definition) is 0. The van der Waals surface area contributed by atoms with E-state index in [9.17, 15) is 0 Å². The minimum Gasteiger partial charge on any atom is -0.509 e. The normalized spacial score (nSPS) is 14.3. The molecule has 2 aromatic heterocycles. The molecule has 0 bridgehead atoms. The van der Waals surface area contributed by atoms with Gasteiger partial charge in [-0.1, -0.05) is 172 Å². The Balaban J connectivity index is 0.00000666. The maximum Gasteiger partial charge on any atom is 0.135 e. The average molecular weight is 1070 g/mol. The van der Waals surface area contributed by atoms with Crippen molar-refractivity contribution in [3.05, 3.63) is 173 Å². The molecule has 5 nitrogen and oxygen atoms in total. The van der Waals surface area contributed by atoms with Crippen molar-refractivity contribution < 1.29 is 25.8 Å². The molecule has 8 rings (SSSR count). The molecule has 0 N–H and O–H groups in total. The van der Waals surface area contributed by atoms with Crippen molar-refractivity contribution in [2.75, 3.05) is 9.80 Å². The molecule has 0 saturated heterocycles. The molecule has 354 valence electrons. The quantitative estimate of drug-likeness (QED) is 0.149. The standard InChI is InChI=1S/C61H71N4O.Pt/c1-56(2,3)41-30-31-62-53(36-41)65-51-29-26-42(61(16,17)40-22-19-18-20-23-40)35-50(51)49-28-27-48(38-52(49)65)66-47-25-21-24-45(37-47)63-39-64(55(60(13,14)15)54(63)59(10,11)12)46-33-43(57(4,5)6)32-44(34-46)58(7,8)9;/h18-36,39H,1-17H3;/q-3;. The van der Waals surface area contributed by atoms with Gasteiger partial charge in [0.05, 0.1) is 0 Å². The third-order valence-electron chi connectivity index (χ3n) is 13.2. The molecule has 0 aliphatic carbocycles. The number of hydrogen-bond acceptors (Lipinski definition) is 4. The average Bonchev–Trinajstić information content (AvgIpc) is 3.81. The number of pyridine rings is 1. The van der Waals surface area contributed by atoms with Crippen molar-refractivity contribution in [1.82, 2.24) is 9.55 Å². The summed E-state index contributed by atoms with van der Waals surface area (Å²) in [5, 5.41) is 2.24. The van der Waals surface area contributed by atoms with E-state index < -0.39 is 0 Å². The molecule has 0 amide bonds. The van der Waals surface area contributed by atoms with Gasteiger partial charge in [0.25, 0.3) is 0 Å². The molecule has 0 spiro atoms. The number of fused-ring (bicyclic) bond motifs is 3. The number of nitrogens with zero attached hydrogens (tertiary/aromatic N) is 4. The third kappa shape index (κ3) is 9.78. The first kappa shape index (κ1) is 49.8. The van der Waals surface area contributed by atoms with E-state index in [0.29, 0.717) is 11.5 Å². The van der Waals surface area contributed by atoms with Crippen LogP contribution < -0.4 is 14.5 Å². The predicted octanol–water partition coefficient (Wildman–Crippen LogP) is 16.5. The van der Waals surface area contributed by atoms with E-state index in [1.54, 1.807) is 0 Å². The van der Waals surface area contributed by atoms with Gasteiger partial charge in [-0.2, -0.15) is 12.1 Å². The monoisotopic (exact) mass is 1070 g/mol. The Morgan fingerprint density at radius 2 is 1.07 bits per heavy atom. The van der Waals surface area contributed by atoms with Crippen LogP contribution in [0.4, 0.5) is 11.4 Å². The molecule has 6 heteroatoms. The van der Waals surface area contributed by atoms with Crippen LogP contribution in [-0.4, -0.2) is 9.55 Å². The minimum atomic E-state index is -0.201. The molecule has 0 saturated carbocycles. The van der Waals surface area contributed by atoms with Crippen molar-refractivity contribution in [3.63, 3.8) is 0 Å². The van der Waals surface area contributed by atoms with Gasteiger partial charge in [0.2, 0.25) is 0 Å². The van der Waals surface area contributed by atoms with Crippen LogP contribution in [0.5, 0.6) is 11.5 Å². The summed E-state index contributed by atoms with van der Waals surface area (Å²) in [5.74, 6) is 2.08. The number of rotatable bonds is 7. The number of allylic oxidation sites excluding steroid dienone is 2. The number of anilines is 2. The fourth-order valence-corrected chi connectivity index (χ4v) is 9.28. The molecule has 1 aliphatic heterocycles. The molecule has 0 atom stereocenters. The Hall–Kier alpha value is -5.12. The van der Waals surface area contributed by atoms with Crippen LogP contribution in [0.15, 0.2) is 127 Å². The maximum atomic E-state index is 6.81. The van der Waals surface area contributed by atoms with Crippen LogP contribution in [0.2, 0.25) is 0 Å². The van der Waals surface area contributed by atoms with E-state index in [1.807, 2.05) is 18.3 Å². The largest absolute Gasteiger partial charge is 0.509 e. The van der Waals surface area contributed by atoms with Crippen LogP contribution >= 0.6 is 0 Å². The summed E-state index contributed by atoms with van der Waals surface area (Å²) in [4.78, 5) is 9.74. The first-order chi connectivity index (χ1) is 30.6. The summed E-state index contributed by atoms with van der Waals surface area (Å²) in [6, 6.07) is 47.0. The smallest absolute Gasteiger partial charge is 0.135 e. The summed E-state index contributed by atoms with van der Waals surface area (Å²) in [6.45, 7) is 41.3. The van der Waals surface area contributed by atoms with E-state index in [4.69, 9.17) is 9.72 Å². The van der Waals surface area contributed by atoms with E-state index in [0.717, 1.165) is 33.3 Å². The summed E-state index contributed by atoms with van der Waals surface area (Å²) in [5.41, 5.74) is 12.3. The van der Waals surface area contributed by atoms with Crippen LogP contribution in [0.3, 0.4) is 0 Å². The summed E-state index contributed by atoms with van der Waals surface area (Å²) in [6.07, 6.45) is 1.92. The van der Waals surface area contributed by atoms with Crippen molar-refractivity contribution in [2.45, 2.75) is 139 Å². The minimum absolute atomic E-state index is 0. The fourth-order valence-electron chi connectivity index (χ4n) is 9.28. The van der Waals surface area contributed by atoms with Crippen molar-refractivity contribution in [3.8, 4) is 17.3 Å². The zero-order chi connectivity index (χ0) is 47.9. The molecule has 5 aromatic carbocycles. The van der Waals surface area contributed by atoms with E-state index in [2.05, 4.69) is 248 Å². The Morgan fingerprint density at radius 1 is 0.478 bits per heavy atom. The summed E-state index contributed by atoms with van der Waals surface area (Å²) in [7, 11) is 0. The second-order valence-corrected chi connectivity index (χ2v) is 24.1. The molecule has 0 radical (unpaired) electrons. The maximum absolute atomic E-state index is 6.81. The van der Waals surface area contributed by atoms with Gasteiger partial charge in [0.15, 0.2) is 0 Å². The van der Waals surface area contributed by atoms with Gasteiger partial charge >= 0.3 is 0 Å². The van der Waals surface area contributed by atoms with Gasteiger partial charge in [-0.05, 0) is 79.8 Å². The Labute approximate surface area is 416 Å². The predicted molar refractivity (Wildman–Crippen MR) is 279 cm³/mol. The van der Waals surface area contributed by atoms with Crippen LogP contribution in [-0.2, 0) is 42.7 Å². The second kappa shape index (κ2) is 17.4. The molecule has 3 heterocycles. The second-order valence-electron chi connectivity index (χ2n) is 24.1. The van der Waals surface area contributed by atoms with Gasteiger partial charge < -0.3 is 19.1 Å². The Morgan fingerprint density at radius 3 is 1.67 bits per heavy atom. The van der Waals surface area contributed by atoms with Crippen molar-refractivity contribution in [1.29, 1.82) is 0 Å². The number of benzene rings is 5. The molecular weight excluding hydrogens is 1000 g/mol. The summed E-state index contributed by atoms with van der Waals surface area (Å²) >= 11 is 0. The summed E-state index contributed by atoms with van der Waals surface area (Å²) < 4.78 is 9.05. The zero-order valence-corrected chi connectivity index (χ0v) is 45.3. The first-order valence-corrected chi connectivity index (χ1v) is 23.7. The van der Waals surface area contributed by atoms with Gasteiger partial charge in [-0.3, -0.25) is 0 Å². The molecular formula is C61H71N4OPt-3. The number of aromatic nitrogens is 2. The molecule has 67 heavy (non-hydrogen) atoms. The van der Waals surface area contributed by atoms with Gasteiger partial charge in [-0.25, -0.2) is 4.98 Å². The van der Waals surface area contributed by atoms with Gasteiger partial charge in [0.1, 0.15) is 5.82 Å². The van der Waals surface area contributed by atoms with E-state index in [1.165, 1.54) is 44.9 Å². The molecule has 7 aromatic rings. The topological polar surface area (TPSA) is 33.5 Å². The van der Waals surface area contributed by atoms with E-state index in [-0.39, 0.29) is 53.6 Å². The van der Waals surface area contributed by atoms with Crippen molar-refractivity contribution >= 4 is 33.2 Å². The van der Waals surface area contributed by atoms with Crippen LogP contribution in [0.25, 0.3) is 27.6 Å². The third-order valence-corrected chi connectivity index (χ3v) is 13.2. The number of ether oxygens (including phenoxy) is 1. The Bertz CT molecular complexity index is 2940. The van der Waals surface area contributed by atoms with Gasteiger partial charge in [0, 0.05) is 77.6 Å².